The van der Waals surface area contributed by atoms with E-state index in [0.717, 1.165) is 49.1 Å². The maximum absolute atomic E-state index is 11.4. The number of carbonyl (C=O) groups excluding carboxylic acids is 1. The maximum Gasteiger partial charge on any atom is 0.233 e. The average molecular weight is 312 g/mol. The Morgan fingerprint density at radius 1 is 1.29 bits per heavy atom. The summed E-state index contributed by atoms with van der Waals surface area (Å²) in [4.78, 5) is 15.9. The van der Waals surface area contributed by atoms with Crippen LogP contribution in [0.25, 0.3) is 0 Å². The Kier molecular flexibility index (Phi) is 5.85. The first-order valence-corrected chi connectivity index (χ1v) is 7.48. The molecule has 0 aliphatic carbocycles. The van der Waals surface area contributed by atoms with Crippen LogP contribution in [0.1, 0.15) is 5.56 Å². The van der Waals surface area contributed by atoms with Crippen molar-refractivity contribution in [2.45, 2.75) is 6.54 Å². The van der Waals surface area contributed by atoms with Crippen molar-refractivity contribution in [1.29, 1.82) is 0 Å². The molecule has 6 heteroatoms. The number of piperazine rings is 1. The second kappa shape index (κ2) is 7.64. The first-order valence-electron chi connectivity index (χ1n) is 7.10. The van der Waals surface area contributed by atoms with E-state index in [0.29, 0.717) is 6.54 Å². The lowest BCUT2D eigenvalue weighted by Gasteiger charge is -2.34. The summed E-state index contributed by atoms with van der Waals surface area (Å²) in [7, 11) is 3.35. The second-order valence-electron chi connectivity index (χ2n) is 5.18. The molecule has 1 fully saturated rings. The van der Waals surface area contributed by atoms with E-state index in [1.807, 2.05) is 18.2 Å². The Morgan fingerprint density at radius 3 is 2.57 bits per heavy atom. The highest BCUT2D eigenvalue weighted by atomic mass is 35.5. The highest BCUT2D eigenvalue weighted by Crippen LogP contribution is 2.24. The van der Waals surface area contributed by atoms with E-state index in [4.69, 9.17) is 16.3 Å². The van der Waals surface area contributed by atoms with Crippen molar-refractivity contribution in [1.82, 2.24) is 15.1 Å². The number of rotatable bonds is 5. The molecule has 1 N–H and O–H groups in total. The number of methoxy groups -OCH3 is 1. The van der Waals surface area contributed by atoms with Gasteiger partial charge in [-0.15, -0.1) is 0 Å². The van der Waals surface area contributed by atoms with Gasteiger partial charge in [-0.1, -0.05) is 11.6 Å². The summed E-state index contributed by atoms with van der Waals surface area (Å²) in [5.74, 6) is 0.937. The lowest BCUT2D eigenvalue weighted by molar-refractivity contribution is -0.122. The highest BCUT2D eigenvalue weighted by Gasteiger charge is 2.19. The summed E-state index contributed by atoms with van der Waals surface area (Å²) in [6.07, 6.45) is 0. The van der Waals surface area contributed by atoms with Gasteiger partial charge in [-0.2, -0.15) is 0 Å². The van der Waals surface area contributed by atoms with Gasteiger partial charge < -0.3 is 10.1 Å². The SMILES string of the molecule is CNC(=O)CN1CCN(Cc2cc(Cl)ccc2OC)CC1. The third-order valence-electron chi connectivity index (χ3n) is 3.75. The first-order chi connectivity index (χ1) is 10.1. The minimum Gasteiger partial charge on any atom is -0.496 e. The van der Waals surface area contributed by atoms with Gasteiger partial charge in [0.15, 0.2) is 0 Å². The Hall–Kier alpha value is -1.30. The van der Waals surface area contributed by atoms with Crippen LogP contribution in [0, 0.1) is 0 Å². The summed E-state index contributed by atoms with van der Waals surface area (Å²) < 4.78 is 5.38. The minimum absolute atomic E-state index is 0.0694. The van der Waals surface area contributed by atoms with Crippen molar-refractivity contribution in [2.24, 2.45) is 0 Å². The predicted octanol–water partition coefficient (Wildman–Crippen LogP) is 1.21. The molecule has 0 atom stereocenters. The summed E-state index contributed by atoms with van der Waals surface area (Å²) in [6.45, 7) is 4.97. The Bertz CT molecular complexity index is 488. The van der Waals surface area contributed by atoms with Crippen LogP contribution < -0.4 is 10.1 Å². The van der Waals surface area contributed by atoms with Crippen molar-refractivity contribution >= 4 is 17.5 Å². The van der Waals surface area contributed by atoms with Crippen LogP contribution in [0.3, 0.4) is 0 Å². The number of carbonyl (C=O) groups is 1. The molecule has 21 heavy (non-hydrogen) atoms. The van der Waals surface area contributed by atoms with Crippen LogP contribution in [0.5, 0.6) is 5.75 Å². The number of amides is 1. The first kappa shape index (κ1) is 16.1. The van der Waals surface area contributed by atoms with Crippen LogP contribution >= 0.6 is 11.6 Å². The van der Waals surface area contributed by atoms with E-state index >= 15 is 0 Å². The summed E-state index contributed by atoms with van der Waals surface area (Å²) >= 11 is 6.06. The third-order valence-corrected chi connectivity index (χ3v) is 3.98. The number of nitrogens with one attached hydrogen (secondary N) is 1. The zero-order chi connectivity index (χ0) is 15.2. The average Bonchev–Trinajstić information content (AvgIpc) is 2.49. The number of hydrogen-bond donors (Lipinski definition) is 1. The quantitative estimate of drug-likeness (QED) is 0.888. The van der Waals surface area contributed by atoms with Crippen molar-refractivity contribution in [3.63, 3.8) is 0 Å². The molecule has 1 aromatic rings. The van der Waals surface area contributed by atoms with Crippen LogP contribution in [0.15, 0.2) is 18.2 Å². The molecule has 1 aromatic carbocycles. The maximum atomic E-state index is 11.4. The van der Waals surface area contributed by atoms with Crippen molar-refractivity contribution in [2.75, 3.05) is 46.9 Å². The Labute approximate surface area is 130 Å². The molecule has 0 bridgehead atoms. The zero-order valence-electron chi connectivity index (χ0n) is 12.6. The molecule has 0 spiro atoms. The van der Waals surface area contributed by atoms with E-state index in [1.165, 1.54) is 0 Å². The van der Waals surface area contributed by atoms with Crippen LogP contribution in [0.2, 0.25) is 5.02 Å². The van der Waals surface area contributed by atoms with Gasteiger partial charge in [0.05, 0.1) is 13.7 Å². The summed E-state index contributed by atoms with van der Waals surface area (Å²) in [6, 6.07) is 5.70. The van der Waals surface area contributed by atoms with Crippen LogP contribution in [-0.2, 0) is 11.3 Å². The van der Waals surface area contributed by atoms with E-state index in [2.05, 4.69) is 15.1 Å². The van der Waals surface area contributed by atoms with E-state index in [9.17, 15) is 4.79 Å². The molecule has 1 saturated heterocycles. The number of halogens is 1. The molecule has 1 aliphatic heterocycles. The van der Waals surface area contributed by atoms with Gasteiger partial charge in [0.2, 0.25) is 5.91 Å². The molecule has 0 radical (unpaired) electrons. The molecular formula is C15H22ClN3O2. The molecule has 0 unspecified atom stereocenters. The zero-order valence-corrected chi connectivity index (χ0v) is 13.3. The lowest BCUT2D eigenvalue weighted by Crippen LogP contribution is -2.48. The van der Waals surface area contributed by atoms with Crippen molar-refractivity contribution < 1.29 is 9.53 Å². The monoisotopic (exact) mass is 311 g/mol. The molecule has 1 aliphatic rings. The standard InChI is InChI=1S/C15H22ClN3O2/c1-17-15(20)11-19-7-5-18(6-8-19)10-12-9-13(16)3-4-14(12)21-2/h3-4,9H,5-8,10-11H2,1-2H3,(H,17,20). The van der Waals surface area contributed by atoms with Gasteiger partial charge in [0.25, 0.3) is 0 Å². The fourth-order valence-electron chi connectivity index (χ4n) is 2.50. The molecule has 1 heterocycles. The molecule has 2 rings (SSSR count). The number of nitrogens with zero attached hydrogens (tertiary/aromatic N) is 2. The molecule has 1 amide bonds. The fraction of sp³-hybridized carbons (Fsp3) is 0.533. The summed E-state index contributed by atoms with van der Waals surface area (Å²) in [5.41, 5.74) is 1.10. The fourth-order valence-corrected chi connectivity index (χ4v) is 2.69. The number of benzene rings is 1. The third kappa shape index (κ3) is 4.59. The van der Waals surface area contributed by atoms with Gasteiger partial charge in [-0.3, -0.25) is 14.6 Å². The van der Waals surface area contributed by atoms with Crippen molar-refractivity contribution in [3.8, 4) is 5.75 Å². The molecule has 116 valence electrons. The van der Waals surface area contributed by atoms with Gasteiger partial charge in [-0.05, 0) is 18.2 Å². The van der Waals surface area contributed by atoms with E-state index in [1.54, 1.807) is 14.2 Å². The highest BCUT2D eigenvalue weighted by molar-refractivity contribution is 6.30. The van der Waals surface area contributed by atoms with Gasteiger partial charge >= 0.3 is 0 Å². The van der Waals surface area contributed by atoms with Crippen molar-refractivity contribution in [3.05, 3.63) is 28.8 Å². The second-order valence-corrected chi connectivity index (χ2v) is 5.62. The van der Waals surface area contributed by atoms with E-state index in [-0.39, 0.29) is 5.91 Å². The Balaban J connectivity index is 1.89. The molecule has 5 nitrogen and oxygen atoms in total. The lowest BCUT2D eigenvalue weighted by atomic mass is 10.1. The van der Waals surface area contributed by atoms with Gasteiger partial charge in [0.1, 0.15) is 5.75 Å². The number of likely N-dealkylation sites (N-methyl/N-ethyl adjacent to an activating group) is 1. The molecule has 0 aromatic heterocycles. The van der Waals surface area contributed by atoms with E-state index < -0.39 is 0 Å². The van der Waals surface area contributed by atoms with Crippen LogP contribution in [-0.4, -0.2) is 62.6 Å². The molecular weight excluding hydrogens is 290 g/mol. The largest absolute Gasteiger partial charge is 0.496 e. The number of ether oxygens (including phenoxy) is 1. The predicted molar refractivity (Wildman–Crippen MR) is 83.8 cm³/mol. The normalized spacial score (nSPS) is 16.7. The molecule has 0 saturated carbocycles. The van der Waals surface area contributed by atoms with Gasteiger partial charge in [0, 0.05) is 50.4 Å². The Morgan fingerprint density at radius 2 is 1.95 bits per heavy atom. The number of hydrogen-bond acceptors (Lipinski definition) is 4. The topological polar surface area (TPSA) is 44.8 Å². The van der Waals surface area contributed by atoms with Crippen LogP contribution in [0.4, 0.5) is 0 Å². The van der Waals surface area contributed by atoms with Gasteiger partial charge in [-0.25, -0.2) is 0 Å². The smallest absolute Gasteiger partial charge is 0.233 e. The summed E-state index contributed by atoms with van der Waals surface area (Å²) in [5, 5.41) is 3.39. The minimum atomic E-state index is 0.0694.